The summed E-state index contributed by atoms with van der Waals surface area (Å²) in [7, 11) is 0. The highest BCUT2D eigenvalue weighted by atomic mass is 35.5. The lowest BCUT2D eigenvalue weighted by molar-refractivity contribution is -0.153. The second-order valence-corrected chi connectivity index (χ2v) is 6.12. The van der Waals surface area contributed by atoms with Crippen LogP contribution in [0.2, 0.25) is 10.0 Å². The van der Waals surface area contributed by atoms with Crippen LogP contribution in [-0.2, 0) is 4.79 Å². The van der Waals surface area contributed by atoms with E-state index in [1.54, 1.807) is 18.2 Å². The molecule has 0 radical (unpaired) electrons. The molecule has 1 N–H and O–H groups in total. The van der Waals surface area contributed by atoms with Gasteiger partial charge < -0.3 is 5.11 Å². The molecular formula is C12H12Cl2F3NO2S. The van der Waals surface area contributed by atoms with E-state index in [9.17, 15) is 18.0 Å². The summed E-state index contributed by atoms with van der Waals surface area (Å²) in [4.78, 5) is 12.0. The molecule has 0 amide bonds. The van der Waals surface area contributed by atoms with Crippen LogP contribution in [0, 0.1) is 0 Å². The zero-order valence-corrected chi connectivity index (χ0v) is 13.0. The molecule has 3 nitrogen and oxygen atoms in total. The van der Waals surface area contributed by atoms with Gasteiger partial charge in [-0.3, -0.25) is 9.69 Å². The van der Waals surface area contributed by atoms with Gasteiger partial charge in [0.2, 0.25) is 0 Å². The third-order valence-corrected chi connectivity index (χ3v) is 4.03. The van der Waals surface area contributed by atoms with E-state index < -0.39 is 25.2 Å². The third kappa shape index (κ3) is 7.80. The number of carbonyl (C=O) groups is 1. The number of thioether (sulfide) groups is 1. The number of nitrogens with zero attached hydrogens (tertiary/aromatic N) is 1. The summed E-state index contributed by atoms with van der Waals surface area (Å²) in [5, 5.41) is 9.54. The van der Waals surface area contributed by atoms with Crippen LogP contribution >= 0.6 is 35.0 Å². The van der Waals surface area contributed by atoms with Gasteiger partial charge in [-0.2, -0.15) is 13.2 Å². The van der Waals surface area contributed by atoms with E-state index >= 15 is 0 Å². The summed E-state index contributed by atoms with van der Waals surface area (Å²) in [6.07, 6.45) is -4.44. The predicted molar refractivity (Wildman–Crippen MR) is 77.3 cm³/mol. The molecule has 118 valence electrons. The van der Waals surface area contributed by atoms with Gasteiger partial charge in [-0.05, 0) is 18.2 Å². The Morgan fingerprint density at radius 1 is 1.33 bits per heavy atom. The second kappa shape index (κ2) is 8.12. The predicted octanol–water partition coefficient (Wildman–Crippen LogP) is 4.03. The lowest BCUT2D eigenvalue weighted by Gasteiger charge is -2.21. The van der Waals surface area contributed by atoms with Crippen LogP contribution < -0.4 is 0 Å². The van der Waals surface area contributed by atoms with Crippen molar-refractivity contribution < 1.29 is 23.1 Å². The molecule has 0 saturated heterocycles. The molecule has 21 heavy (non-hydrogen) atoms. The maximum Gasteiger partial charge on any atom is 0.401 e. The van der Waals surface area contributed by atoms with Crippen molar-refractivity contribution in [3.05, 3.63) is 28.2 Å². The first-order valence-electron chi connectivity index (χ1n) is 5.76. The number of halogens is 5. The molecule has 0 atom stereocenters. The standard InChI is InChI=1S/C12H12Cl2F3NO2S/c13-8-1-2-9(14)10(5-8)21-4-3-18(6-11(19)20)7-12(15,16)17/h1-2,5H,3-4,6-7H2,(H,19,20). The van der Waals surface area contributed by atoms with E-state index in [2.05, 4.69) is 0 Å². The van der Waals surface area contributed by atoms with E-state index in [4.69, 9.17) is 28.3 Å². The minimum Gasteiger partial charge on any atom is -0.480 e. The van der Waals surface area contributed by atoms with Crippen molar-refractivity contribution in [2.24, 2.45) is 0 Å². The highest BCUT2D eigenvalue weighted by Gasteiger charge is 2.31. The molecule has 0 aliphatic carbocycles. The lowest BCUT2D eigenvalue weighted by Crippen LogP contribution is -2.39. The number of alkyl halides is 3. The summed E-state index contributed by atoms with van der Waals surface area (Å²) in [6.45, 7) is -1.95. The first-order chi connectivity index (χ1) is 9.67. The Labute approximate surface area is 134 Å². The van der Waals surface area contributed by atoms with Crippen molar-refractivity contribution in [1.82, 2.24) is 4.90 Å². The highest BCUT2D eigenvalue weighted by molar-refractivity contribution is 7.99. The minimum atomic E-state index is -4.44. The van der Waals surface area contributed by atoms with Gasteiger partial charge in [-0.1, -0.05) is 23.2 Å². The number of hydrogen-bond acceptors (Lipinski definition) is 3. The fraction of sp³-hybridized carbons (Fsp3) is 0.417. The Morgan fingerprint density at radius 3 is 2.57 bits per heavy atom. The van der Waals surface area contributed by atoms with E-state index in [0.29, 0.717) is 14.9 Å². The van der Waals surface area contributed by atoms with Gasteiger partial charge in [0, 0.05) is 22.2 Å². The Bertz CT molecular complexity index is 500. The third-order valence-electron chi connectivity index (χ3n) is 2.32. The van der Waals surface area contributed by atoms with Crippen molar-refractivity contribution in [3.63, 3.8) is 0 Å². The molecule has 9 heteroatoms. The summed E-state index contributed by atoms with van der Waals surface area (Å²) in [5.41, 5.74) is 0. The van der Waals surface area contributed by atoms with E-state index in [1.807, 2.05) is 0 Å². The van der Waals surface area contributed by atoms with Crippen molar-refractivity contribution in [2.75, 3.05) is 25.4 Å². The van der Waals surface area contributed by atoms with Gasteiger partial charge in [0.25, 0.3) is 0 Å². The fourth-order valence-electron chi connectivity index (χ4n) is 1.53. The van der Waals surface area contributed by atoms with E-state index in [1.165, 1.54) is 11.8 Å². The van der Waals surface area contributed by atoms with Crippen molar-refractivity contribution in [2.45, 2.75) is 11.1 Å². The van der Waals surface area contributed by atoms with Gasteiger partial charge in [0.1, 0.15) is 0 Å². The monoisotopic (exact) mass is 361 g/mol. The van der Waals surface area contributed by atoms with Crippen LogP contribution in [0.25, 0.3) is 0 Å². The average Bonchev–Trinajstić information content (AvgIpc) is 2.30. The number of carboxylic acids is 1. The molecule has 0 bridgehead atoms. The van der Waals surface area contributed by atoms with E-state index in [0.717, 1.165) is 4.90 Å². The smallest absolute Gasteiger partial charge is 0.401 e. The first kappa shape index (κ1) is 18.4. The van der Waals surface area contributed by atoms with Gasteiger partial charge in [0.05, 0.1) is 18.1 Å². The molecule has 0 aromatic heterocycles. The molecule has 1 aromatic carbocycles. The van der Waals surface area contributed by atoms with Gasteiger partial charge in [-0.25, -0.2) is 0 Å². The SMILES string of the molecule is O=C(O)CN(CCSc1cc(Cl)ccc1Cl)CC(F)(F)F. The molecule has 0 spiro atoms. The first-order valence-corrected chi connectivity index (χ1v) is 7.50. The topological polar surface area (TPSA) is 40.5 Å². The van der Waals surface area contributed by atoms with Gasteiger partial charge in [-0.15, -0.1) is 11.8 Å². The van der Waals surface area contributed by atoms with Gasteiger partial charge >= 0.3 is 12.1 Å². The Kier molecular flexibility index (Phi) is 7.12. The Morgan fingerprint density at radius 2 is 2.00 bits per heavy atom. The summed E-state index contributed by atoms with van der Waals surface area (Å²) >= 11 is 13.0. The minimum absolute atomic E-state index is 0.0285. The number of rotatable bonds is 7. The quantitative estimate of drug-likeness (QED) is 0.744. The van der Waals surface area contributed by atoms with Crippen molar-refractivity contribution in [3.8, 4) is 0 Å². The van der Waals surface area contributed by atoms with Crippen LogP contribution in [0.3, 0.4) is 0 Å². The maximum absolute atomic E-state index is 12.3. The maximum atomic E-state index is 12.3. The zero-order valence-electron chi connectivity index (χ0n) is 10.7. The lowest BCUT2D eigenvalue weighted by atomic mass is 10.4. The fourth-order valence-corrected chi connectivity index (χ4v) is 3.03. The van der Waals surface area contributed by atoms with Crippen LogP contribution in [-0.4, -0.2) is 47.5 Å². The molecular weight excluding hydrogens is 350 g/mol. The average molecular weight is 362 g/mol. The molecule has 0 saturated carbocycles. The Hall–Kier alpha value is -0.630. The van der Waals surface area contributed by atoms with E-state index in [-0.39, 0.29) is 12.3 Å². The number of carboxylic acid groups (broad SMARTS) is 1. The molecule has 0 aliphatic rings. The normalized spacial score (nSPS) is 11.9. The summed E-state index contributed by atoms with van der Waals surface area (Å²) in [6, 6.07) is 4.81. The summed E-state index contributed by atoms with van der Waals surface area (Å²) < 4.78 is 37.0. The molecule has 0 aliphatic heterocycles. The van der Waals surface area contributed by atoms with Crippen molar-refractivity contribution in [1.29, 1.82) is 0 Å². The molecule has 0 heterocycles. The van der Waals surface area contributed by atoms with Crippen LogP contribution in [0.1, 0.15) is 0 Å². The van der Waals surface area contributed by atoms with Crippen LogP contribution in [0.15, 0.2) is 23.1 Å². The number of benzene rings is 1. The van der Waals surface area contributed by atoms with Crippen LogP contribution in [0.5, 0.6) is 0 Å². The van der Waals surface area contributed by atoms with Gasteiger partial charge in [0.15, 0.2) is 0 Å². The number of hydrogen-bond donors (Lipinski definition) is 1. The highest BCUT2D eigenvalue weighted by Crippen LogP contribution is 2.30. The second-order valence-electron chi connectivity index (χ2n) is 4.14. The molecule has 1 rings (SSSR count). The molecule has 1 aromatic rings. The molecule has 0 fully saturated rings. The summed E-state index contributed by atoms with van der Waals surface area (Å²) in [5.74, 6) is -1.03. The largest absolute Gasteiger partial charge is 0.480 e. The van der Waals surface area contributed by atoms with Crippen LogP contribution in [0.4, 0.5) is 13.2 Å². The molecule has 0 unspecified atom stereocenters. The Balaban J connectivity index is 2.56. The van der Waals surface area contributed by atoms with Crippen molar-refractivity contribution >= 4 is 40.9 Å². The zero-order chi connectivity index (χ0) is 16.0. The number of aliphatic carboxylic acids is 1.